The van der Waals surface area contributed by atoms with Gasteiger partial charge >= 0.3 is 0 Å². The highest BCUT2D eigenvalue weighted by Crippen LogP contribution is 2.25. The minimum Gasteiger partial charge on any atom is -0.316 e. The van der Waals surface area contributed by atoms with Crippen molar-refractivity contribution in [3.8, 4) is 0 Å². The van der Waals surface area contributed by atoms with Crippen molar-refractivity contribution >= 4 is 27.3 Å². The first kappa shape index (κ1) is 15.7. The number of aryl methyl sites for hydroxylation is 1. The van der Waals surface area contributed by atoms with E-state index in [4.69, 9.17) is 11.6 Å². The van der Waals surface area contributed by atoms with Crippen molar-refractivity contribution < 1.29 is 12.8 Å². The number of hydrogen-bond donors (Lipinski definition) is 3. The van der Waals surface area contributed by atoms with Crippen molar-refractivity contribution in [1.82, 2.24) is 15.5 Å². The van der Waals surface area contributed by atoms with Crippen molar-refractivity contribution in [2.24, 2.45) is 0 Å². The van der Waals surface area contributed by atoms with E-state index in [2.05, 4.69) is 20.2 Å². The van der Waals surface area contributed by atoms with Crippen LogP contribution >= 0.6 is 11.6 Å². The van der Waals surface area contributed by atoms with E-state index < -0.39 is 15.8 Å². The molecule has 0 aliphatic heterocycles. The highest BCUT2D eigenvalue weighted by atomic mass is 35.5. The summed E-state index contributed by atoms with van der Waals surface area (Å²) in [6, 6.07) is 4.07. The normalized spacial score (nSPS) is 11.6. The highest BCUT2D eigenvalue weighted by Gasteiger charge is 2.24. The molecule has 2 aromatic rings. The van der Waals surface area contributed by atoms with E-state index in [0.29, 0.717) is 17.8 Å². The van der Waals surface area contributed by atoms with Gasteiger partial charge in [0.2, 0.25) is 5.03 Å². The Balaban J connectivity index is 2.41. The number of halogens is 2. The molecular weight excluding hydrogens is 319 g/mol. The van der Waals surface area contributed by atoms with E-state index in [-0.39, 0.29) is 15.7 Å². The monoisotopic (exact) mass is 332 g/mol. The number of nitrogens with zero attached hydrogens (tertiary/aromatic N) is 1. The fourth-order valence-corrected chi connectivity index (χ4v) is 3.25. The van der Waals surface area contributed by atoms with E-state index in [1.54, 1.807) is 14.0 Å². The first-order valence-electron chi connectivity index (χ1n) is 6.02. The molecule has 114 valence electrons. The Morgan fingerprint density at radius 1 is 1.43 bits per heavy atom. The average Bonchev–Trinajstić information content (AvgIpc) is 2.78. The molecule has 1 aromatic heterocycles. The summed E-state index contributed by atoms with van der Waals surface area (Å²) in [5, 5.41) is 8.92. The summed E-state index contributed by atoms with van der Waals surface area (Å²) in [5.41, 5.74) is 0.891. The molecule has 0 saturated carbocycles. The SMILES string of the molecule is CNCc1c(S(=O)(=O)Nc2cccc(Cl)c2F)n[nH]c1C. The Morgan fingerprint density at radius 3 is 2.81 bits per heavy atom. The van der Waals surface area contributed by atoms with Crippen molar-refractivity contribution in [3.05, 3.63) is 40.3 Å². The Hall–Kier alpha value is -1.64. The van der Waals surface area contributed by atoms with Gasteiger partial charge in [0.05, 0.1) is 10.7 Å². The lowest BCUT2D eigenvalue weighted by molar-refractivity contribution is 0.592. The van der Waals surface area contributed by atoms with E-state index in [1.807, 2.05) is 0 Å². The lowest BCUT2D eigenvalue weighted by Gasteiger charge is -2.09. The molecule has 6 nitrogen and oxygen atoms in total. The molecule has 0 bridgehead atoms. The summed E-state index contributed by atoms with van der Waals surface area (Å²) >= 11 is 5.63. The summed E-state index contributed by atoms with van der Waals surface area (Å²) in [6.45, 7) is 2.02. The Morgan fingerprint density at radius 2 is 2.14 bits per heavy atom. The van der Waals surface area contributed by atoms with E-state index in [0.717, 1.165) is 0 Å². The summed E-state index contributed by atoms with van der Waals surface area (Å²) in [7, 11) is -2.33. The Labute approximate surface area is 126 Å². The predicted molar refractivity (Wildman–Crippen MR) is 78.3 cm³/mol. The molecule has 21 heavy (non-hydrogen) atoms. The van der Waals surface area contributed by atoms with Crippen LogP contribution in [0.15, 0.2) is 23.2 Å². The number of sulfonamides is 1. The minimum atomic E-state index is -4.02. The van der Waals surface area contributed by atoms with Crippen LogP contribution in [0.2, 0.25) is 5.02 Å². The Bertz CT molecular complexity index is 761. The molecular formula is C12H14ClFN4O2S. The quantitative estimate of drug-likeness (QED) is 0.782. The van der Waals surface area contributed by atoms with Crippen molar-refractivity contribution in [1.29, 1.82) is 0 Å². The molecule has 9 heteroatoms. The second-order valence-electron chi connectivity index (χ2n) is 4.37. The minimum absolute atomic E-state index is 0.163. The smallest absolute Gasteiger partial charge is 0.281 e. The number of hydrogen-bond acceptors (Lipinski definition) is 4. The van der Waals surface area contributed by atoms with E-state index in [1.165, 1.54) is 18.2 Å². The van der Waals surface area contributed by atoms with E-state index in [9.17, 15) is 12.8 Å². The fourth-order valence-electron chi connectivity index (χ4n) is 1.81. The van der Waals surface area contributed by atoms with Gasteiger partial charge in [-0.3, -0.25) is 9.82 Å². The molecule has 0 fully saturated rings. The number of rotatable bonds is 5. The molecule has 3 N–H and O–H groups in total. The average molecular weight is 333 g/mol. The van der Waals surface area contributed by atoms with Gasteiger partial charge in [0.15, 0.2) is 5.82 Å². The molecule has 0 radical (unpaired) electrons. The molecule has 1 aromatic carbocycles. The molecule has 0 saturated heterocycles. The van der Waals surface area contributed by atoms with Gasteiger partial charge < -0.3 is 5.32 Å². The number of aromatic nitrogens is 2. The fraction of sp³-hybridized carbons (Fsp3) is 0.250. The van der Waals surface area contributed by atoms with Crippen LogP contribution in [-0.2, 0) is 16.6 Å². The molecule has 0 atom stereocenters. The second-order valence-corrected chi connectivity index (χ2v) is 6.37. The molecule has 0 aliphatic carbocycles. The van der Waals surface area contributed by atoms with Crippen LogP contribution in [-0.4, -0.2) is 25.7 Å². The third kappa shape index (κ3) is 3.17. The van der Waals surface area contributed by atoms with Crippen molar-refractivity contribution in [2.75, 3.05) is 11.8 Å². The topological polar surface area (TPSA) is 86.9 Å². The number of anilines is 1. The molecule has 0 amide bonds. The van der Waals surface area contributed by atoms with Crippen molar-refractivity contribution in [3.63, 3.8) is 0 Å². The third-order valence-corrected chi connectivity index (χ3v) is 4.47. The number of H-pyrrole nitrogens is 1. The summed E-state index contributed by atoms with van der Waals surface area (Å²) in [6.07, 6.45) is 0. The van der Waals surface area contributed by atoms with Gasteiger partial charge in [0.1, 0.15) is 0 Å². The summed E-state index contributed by atoms with van der Waals surface area (Å²) in [4.78, 5) is 0. The van der Waals surface area contributed by atoms with Gasteiger partial charge in [-0.25, -0.2) is 4.39 Å². The number of benzene rings is 1. The van der Waals surface area contributed by atoms with Crippen LogP contribution in [0, 0.1) is 12.7 Å². The van der Waals surface area contributed by atoms with E-state index >= 15 is 0 Å². The van der Waals surface area contributed by atoms with Gasteiger partial charge in [-0.1, -0.05) is 17.7 Å². The maximum atomic E-state index is 13.8. The molecule has 0 unspecified atom stereocenters. The zero-order valence-electron chi connectivity index (χ0n) is 11.4. The molecule has 0 spiro atoms. The van der Waals surface area contributed by atoms with Crippen LogP contribution < -0.4 is 10.0 Å². The zero-order chi connectivity index (χ0) is 15.6. The first-order valence-corrected chi connectivity index (χ1v) is 7.88. The first-order chi connectivity index (χ1) is 9.86. The van der Waals surface area contributed by atoms with Crippen LogP contribution in [0.25, 0.3) is 0 Å². The van der Waals surface area contributed by atoms with Gasteiger partial charge in [0.25, 0.3) is 10.0 Å². The number of aromatic amines is 1. The van der Waals surface area contributed by atoms with Crippen molar-refractivity contribution in [2.45, 2.75) is 18.5 Å². The lowest BCUT2D eigenvalue weighted by atomic mass is 10.3. The predicted octanol–water partition coefficient (Wildman–Crippen LogP) is 2.03. The third-order valence-electron chi connectivity index (χ3n) is 2.84. The summed E-state index contributed by atoms with van der Waals surface area (Å²) in [5.74, 6) is -0.829. The van der Waals surface area contributed by atoms with Crippen LogP contribution in [0.1, 0.15) is 11.3 Å². The van der Waals surface area contributed by atoms with Crippen LogP contribution in [0.3, 0.4) is 0 Å². The maximum absolute atomic E-state index is 13.8. The van der Waals surface area contributed by atoms with Gasteiger partial charge in [0, 0.05) is 17.8 Å². The molecule has 2 rings (SSSR count). The highest BCUT2D eigenvalue weighted by molar-refractivity contribution is 7.92. The Kier molecular flexibility index (Phi) is 4.50. The lowest BCUT2D eigenvalue weighted by Crippen LogP contribution is -2.18. The van der Waals surface area contributed by atoms with Crippen LogP contribution in [0.4, 0.5) is 10.1 Å². The summed E-state index contributed by atoms with van der Waals surface area (Å²) < 4.78 is 40.6. The number of nitrogens with one attached hydrogen (secondary N) is 3. The second kappa shape index (κ2) is 6.00. The standard InChI is InChI=1S/C12H14ClFN4O2S/c1-7-8(6-15-2)12(17-16-7)21(19,20)18-10-5-3-4-9(13)11(10)14/h3-5,15,18H,6H2,1-2H3,(H,16,17). The van der Waals surface area contributed by atoms with Gasteiger partial charge in [-0.15, -0.1) is 0 Å². The van der Waals surface area contributed by atoms with Gasteiger partial charge in [-0.05, 0) is 26.1 Å². The zero-order valence-corrected chi connectivity index (χ0v) is 12.9. The molecule has 0 aliphatic rings. The molecule has 1 heterocycles. The maximum Gasteiger partial charge on any atom is 0.281 e. The van der Waals surface area contributed by atoms with Crippen LogP contribution in [0.5, 0.6) is 0 Å². The largest absolute Gasteiger partial charge is 0.316 e. The van der Waals surface area contributed by atoms with Gasteiger partial charge in [-0.2, -0.15) is 13.5 Å².